The molecule has 1 aromatic rings. The van der Waals surface area contributed by atoms with Gasteiger partial charge in [-0.1, -0.05) is 23.7 Å². The molecule has 110 valence electrons. The Morgan fingerprint density at radius 1 is 1.26 bits per heavy atom. The van der Waals surface area contributed by atoms with Crippen LogP contribution < -0.4 is 29.3 Å². The van der Waals surface area contributed by atoms with Crippen LogP contribution in [0.3, 0.4) is 0 Å². The van der Waals surface area contributed by atoms with Crippen molar-refractivity contribution < 1.29 is 33.6 Å². The second-order valence-corrected chi connectivity index (χ2v) is 5.98. The van der Waals surface area contributed by atoms with E-state index in [2.05, 4.69) is 33.3 Å². The molecule has 3 nitrogen and oxygen atoms in total. The molecule has 1 unspecified atom stereocenters. The first kappa shape index (κ1) is 19.0. The van der Waals surface area contributed by atoms with Gasteiger partial charge >= 0.3 is 0 Å². The summed E-state index contributed by atoms with van der Waals surface area (Å²) in [5.74, 6) is 0. The highest BCUT2D eigenvalue weighted by Gasteiger charge is 2.23. The van der Waals surface area contributed by atoms with E-state index in [9.17, 15) is 5.11 Å². The number of nitrogens with zero attached hydrogens (tertiary/aromatic N) is 1. The van der Waals surface area contributed by atoms with Crippen LogP contribution in [0.4, 0.5) is 5.69 Å². The minimum atomic E-state index is -0.390. The monoisotopic (exact) mass is 398 g/mol. The third-order valence-corrected chi connectivity index (χ3v) is 3.81. The van der Waals surface area contributed by atoms with Crippen molar-refractivity contribution in [1.82, 2.24) is 0 Å². The largest absolute Gasteiger partial charge is 1.00 e. The fourth-order valence-electron chi connectivity index (χ4n) is 1.65. The quantitative estimate of drug-likeness (QED) is 0.505. The first-order chi connectivity index (χ1) is 8.33. The van der Waals surface area contributed by atoms with Gasteiger partial charge in [0.05, 0.1) is 30.8 Å². The molecular weight excluding hydrogens is 375 g/mol. The van der Waals surface area contributed by atoms with Gasteiger partial charge in [0.1, 0.15) is 12.6 Å². The van der Waals surface area contributed by atoms with Crippen LogP contribution in [0.2, 0.25) is 5.02 Å². The molecule has 19 heavy (non-hydrogen) atoms. The molecule has 5 heteroatoms. The molecule has 0 aliphatic heterocycles. The zero-order chi connectivity index (χ0) is 13.8. The fraction of sp³-hybridized carbons (Fsp3) is 0.571. The molecule has 0 bridgehead atoms. The maximum Gasteiger partial charge on any atom is 0.120 e. The van der Waals surface area contributed by atoms with E-state index in [4.69, 9.17) is 11.6 Å². The van der Waals surface area contributed by atoms with Crippen molar-refractivity contribution in [2.24, 2.45) is 0 Å². The number of aliphatic hydroxyl groups is 1. The van der Waals surface area contributed by atoms with E-state index in [-0.39, 0.29) is 24.0 Å². The zero-order valence-electron chi connectivity index (χ0n) is 12.0. The molecule has 0 aliphatic rings. The summed E-state index contributed by atoms with van der Waals surface area (Å²) in [4.78, 5) is 0. The number of quaternary nitrogens is 1. The molecule has 1 aromatic carbocycles. The standard InChI is InChI=1S/C14H24ClN2O.HI/c1-11(2)17(3,4)10-12(18)9-16-14-8-6-5-7-13(14)15;/h5-8,11-12,16,18H,9-10H2,1-4H3;1H/q+1;/p-1. The van der Waals surface area contributed by atoms with Crippen LogP contribution in [-0.4, -0.2) is 48.9 Å². The third kappa shape index (κ3) is 6.29. The fourth-order valence-corrected chi connectivity index (χ4v) is 1.85. The Morgan fingerprint density at radius 3 is 2.37 bits per heavy atom. The summed E-state index contributed by atoms with van der Waals surface area (Å²) in [5.41, 5.74) is 0.869. The van der Waals surface area contributed by atoms with Crippen LogP contribution in [-0.2, 0) is 0 Å². The minimum Gasteiger partial charge on any atom is -1.00 e. The van der Waals surface area contributed by atoms with Crippen LogP contribution in [0.25, 0.3) is 0 Å². The molecule has 0 aliphatic carbocycles. The zero-order valence-corrected chi connectivity index (χ0v) is 14.9. The Kier molecular flexibility index (Phi) is 8.27. The predicted octanol–water partition coefficient (Wildman–Crippen LogP) is -0.398. The van der Waals surface area contributed by atoms with Crippen molar-refractivity contribution in [3.8, 4) is 0 Å². The van der Waals surface area contributed by atoms with Gasteiger partial charge in [0.15, 0.2) is 0 Å². The highest BCUT2D eigenvalue weighted by molar-refractivity contribution is 6.33. The maximum absolute atomic E-state index is 10.1. The molecule has 0 spiro atoms. The van der Waals surface area contributed by atoms with Crippen molar-refractivity contribution in [1.29, 1.82) is 0 Å². The van der Waals surface area contributed by atoms with Crippen LogP contribution >= 0.6 is 11.6 Å². The number of aliphatic hydroxyl groups excluding tert-OH is 1. The van der Waals surface area contributed by atoms with Gasteiger partial charge in [-0.2, -0.15) is 0 Å². The summed E-state index contributed by atoms with van der Waals surface area (Å²) < 4.78 is 0.797. The minimum absolute atomic E-state index is 0. The van der Waals surface area contributed by atoms with E-state index in [0.29, 0.717) is 17.6 Å². The van der Waals surface area contributed by atoms with E-state index < -0.39 is 6.10 Å². The number of rotatable bonds is 6. The van der Waals surface area contributed by atoms with Gasteiger partial charge in [-0.15, -0.1) is 0 Å². The van der Waals surface area contributed by atoms with Crippen LogP contribution in [0.15, 0.2) is 24.3 Å². The van der Waals surface area contributed by atoms with E-state index in [1.54, 1.807) is 0 Å². The van der Waals surface area contributed by atoms with E-state index in [1.165, 1.54) is 0 Å². The second kappa shape index (κ2) is 8.29. The Balaban J connectivity index is 0.00000324. The predicted molar refractivity (Wildman–Crippen MR) is 78.1 cm³/mol. The van der Waals surface area contributed by atoms with Crippen molar-refractivity contribution in [3.05, 3.63) is 29.3 Å². The summed E-state index contributed by atoms with van der Waals surface area (Å²) >= 11 is 6.04. The maximum atomic E-state index is 10.1. The van der Waals surface area contributed by atoms with Gasteiger partial charge in [0, 0.05) is 6.54 Å². The van der Waals surface area contributed by atoms with E-state index >= 15 is 0 Å². The lowest BCUT2D eigenvalue weighted by atomic mass is 10.2. The van der Waals surface area contributed by atoms with Gasteiger partial charge in [-0.25, -0.2) is 0 Å². The van der Waals surface area contributed by atoms with Gasteiger partial charge in [0.2, 0.25) is 0 Å². The third-order valence-electron chi connectivity index (χ3n) is 3.48. The molecule has 0 amide bonds. The van der Waals surface area contributed by atoms with Crippen LogP contribution in [0.1, 0.15) is 13.8 Å². The highest BCUT2D eigenvalue weighted by atomic mass is 127. The summed E-state index contributed by atoms with van der Waals surface area (Å²) in [6, 6.07) is 8.05. The van der Waals surface area contributed by atoms with E-state index in [1.807, 2.05) is 24.3 Å². The first-order valence-corrected chi connectivity index (χ1v) is 6.70. The molecule has 1 atom stereocenters. The van der Waals surface area contributed by atoms with Crippen LogP contribution in [0, 0.1) is 0 Å². The summed E-state index contributed by atoms with van der Waals surface area (Å²) in [6.07, 6.45) is -0.390. The molecule has 0 fully saturated rings. The Hall–Kier alpha value is -0.0400. The summed E-state index contributed by atoms with van der Waals surface area (Å²) in [6.45, 7) is 5.55. The Bertz CT molecular complexity index is 385. The number of benzene rings is 1. The molecule has 0 saturated carbocycles. The number of hydrogen-bond acceptors (Lipinski definition) is 2. The number of anilines is 1. The molecule has 1 rings (SSSR count). The lowest BCUT2D eigenvalue weighted by Gasteiger charge is -2.36. The average Bonchev–Trinajstić information content (AvgIpc) is 2.27. The van der Waals surface area contributed by atoms with Crippen molar-refractivity contribution in [3.63, 3.8) is 0 Å². The first-order valence-electron chi connectivity index (χ1n) is 6.32. The Morgan fingerprint density at radius 2 is 1.84 bits per heavy atom. The lowest BCUT2D eigenvalue weighted by molar-refractivity contribution is -0.913. The van der Waals surface area contributed by atoms with E-state index in [0.717, 1.165) is 16.7 Å². The smallest absolute Gasteiger partial charge is 0.120 e. The van der Waals surface area contributed by atoms with Gasteiger partial charge in [-0.05, 0) is 26.0 Å². The van der Waals surface area contributed by atoms with Crippen molar-refractivity contribution in [2.45, 2.75) is 26.0 Å². The number of para-hydroxylation sites is 1. The molecule has 0 heterocycles. The van der Waals surface area contributed by atoms with Gasteiger partial charge in [-0.3, -0.25) is 0 Å². The van der Waals surface area contributed by atoms with Crippen LogP contribution in [0.5, 0.6) is 0 Å². The Labute approximate surface area is 138 Å². The molecular formula is C14H24ClIN2O. The van der Waals surface area contributed by atoms with Gasteiger partial charge in [0.25, 0.3) is 0 Å². The number of halogens is 2. The van der Waals surface area contributed by atoms with Crippen molar-refractivity contribution >= 4 is 17.3 Å². The molecule has 0 radical (unpaired) electrons. The number of hydrogen-bond donors (Lipinski definition) is 2. The second-order valence-electron chi connectivity index (χ2n) is 5.57. The van der Waals surface area contributed by atoms with Crippen molar-refractivity contribution in [2.75, 3.05) is 32.5 Å². The molecule has 0 aromatic heterocycles. The normalized spacial score (nSPS) is 13.0. The number of likely N-dealkylation sites (N-methyl/N-ethyl adjacent to an activating group) is 1. The van der Waals surface area contributed by atoms with Gasteiger partial charge < -0.3 is 38.9 Å². The lowest BCUT2D eigenvalue weighted by Crippen LogP contribution is -3.00. The molecule has 2 N–H and O–H groups in total. The highest BCUT2D eigenvalue weighted by Crippen LogP contribution is 2.20. The molecule has 0 saturated heterocycles. The summed E-state index contributed by atoms with van der Waals surface area (Å²) in [5, 5.41) is 13.9. The summed E-state index contributed by atoms with van der Waals surface area (Å²) in [7, 11) is 4.26. The average molecular weight is 399 g/mol. The number of nitrogens with one attached hydrogen (secondary N) is 1. The SMILES string of the molecule is CC(C)[N+](C)(C)CC(O)CNc1ccccc1Cl.[I-]. The topological polar surface area (TPSA) is 32.3 Å².